The molecule has 1 aliphatic rings. The minimum Gasteiger partial charge on any atom is -0.274 e. The van der Waals surface area contributed by atoms with Crippen LogP contribution in [0.4, 0.5) is 5.69 Å². The predicted molar refractivity (Wildman–Crippen MR) is 75.5 cm³/mol. The third kappa shape index (κ3) is 2.51. The molecule has 1 heterocycles. The van der Waals surface area contributed by atoms with Crippen molar-refractivity contribution >= 4 is 52.5 Å². The fraction of sp³-hybridized carbons (Fsp3) is 0.333. The summed E-state index contributed by atoms with van der Waals surface area (Å²) < 4.78 is 0. The fourth-order valence-corrected chi connectivity index (χ4v) is 3.25. The van der Waals surface area contributed by atoms with Crippen molar-refractivity contribution in [3.63, 3.8) is 0 Å². The van der Waals surface area contributed by atoms with Crippen LogP contribution < -0.4 is 4.90 Å². The van der Waals surface area contributed by atoms with Crippen LogP contribution in [-0.2, 0) is 9.59 Å². The van der Waals surface area contributed by atoms with Gasteiger partial charge < -0.3 is 0 Å². The molecule has 0 bridgehead atoms. The van der Waals surface area contributed by atoms with Gasteiger partial charge in [-0.15, -0.1) is 11.8 Å². The minimum absolute atomic E-state index is 0.198. The Morgan fingerprint density at radius 3 is 2.72 bits per heavy atom. The zero-order valence-electron chi connectivity index (χ0n) is 9.65. The normalized spacial score (nSPS) is 19.7. The molecule has 6 heteroatoms. The van der Waals surface area contributed by atoms with E-state index in [-0.39, 0.29) is 23.5 Å². The van der Waals surface area contributed by atoms with Crippen LogP contribution in [0.5, 0.6) is 0 Å². The molecule has 0 radical (unpaired) electrons. The number of imide groups is 1. The van der Waals surface area contributed by atoms with Crippen molar-refractivity contribution in [1.29, 1.82) is 0 Å². The van der Waals surface area contributed by atoms with Crippen LogP contribution in [0.3, 0.4) is 0 Å². The Labute approximate surface area is 119 Å². The lowest BCUT2D eigenvalue weighted by Crippen LogP contribution is -2.31. The number of halogens is 2. The molecule has 1 atom stereocenters. The maximum atomic E-state index is 12.1. The molecule has 1 fully saturated rings. The van der Waals surface area contributed by atoms with Crippen molar-refractivity contribution < 1.29 is 9.59 Å². The van der Waals surface area contributed by atoms with Crippen LogP contribution in [0.1, 0.15) is 13.3 Å². The highest BCUT2D eigenvalue weighted by Gasteiger charge is 2.40. The van der Waals surface area contributed by atoms with Gasteiger partial charge in [-0.1, -0.05) is 30.1 Å². The van der Waals surface area contributed by atoms with E-state index in [2.05, 4.69) is 0 Å². The largest absolute Gasteiger partial charge is 0.274 e. The van der Waals surface area contributed by atoms with Gasteiger partial charge >= 0.3 is 0 Å². The SMILES string of the molecule is CCS[C@H]1CC(=O)N(c2ccc(Cl)cc2Cl)C1=O. The van der Waals surface area contributed by atoms with Crippen LogP contribution in [0.2, 0.25) is 10.0 Å². The first-order valence-corrected chi connectivity index (χ1v) is 7.28. The quantitative estimate of drug-likeness (QED) is 0.803. The molecule has 96 valence electrons. The number of rotatable bonds is 3. The number of carbonyl (C=O) groups is 2. The summed E-state index contributed by atoms with van der Waals surface area (Å²) in [5.74, 6) is 0.387. The highest BCUT2D eigenvalue weighted by molar-refractivity contribution is 8.00. The number of anilines is 1. The first-order chi connectivity index (χ1) is 8.54. The highest BCUT2D eigenvalue weighted by atomic mass is 35.5. The van der Waals surface area contributed by atoms with Gasteiger partial charge in [0.1, 0.15) is 0 Å². The fourth-order valence-electron chi connectivity index (χ4n) is 1.85. The lowest BCUT2D eigenvalue weighted by molar-refractivity contribution is -0.121. The van der Waals surface area contributed by atoms with Gasteiger partial charge in [-0.25, -0.2) is 4.90 Å². The van der Waals surface area contributed by atoms with Gasteiger partial charge in [0, 0.05) is 11.4 Å². The molecular weight excluding hydrogens is 293 g/mol. The van der Waals surface area contributed by atoms with Crippen LogP contribution in [0, 0.1) is 0 Å². The van der Waals surface area contributed by atoms with Gasteiger partial charge in [-0.3, -0.25) is 9.59 Å². The summed E-state index contributed by atoms with van der Waals surface area (Å²) in [6.45, 7) is 1.96. The summed E-state index contributed by atoms with van der Waals surface area (Å²) in [5, 5.41) is 0.489. The second-order valence-corrected chi connectivity index (χ2v) is 6.13. The van der Waals surface area contributed by atoms with E-state index in [9.17, 15) is 9.59 Å². The van der Waals surface area contributed by atoms with Gasteiger partial charge in [0.05, 0.1) is 16.0 Å². The maximum absolute atomic E-state index is 12.1. The molecule has 3 nitrogen and oxygen atoms in total. The Morgan fingerprint density at radius 2 is 2.11 bits per heavy atom. The van der Waals surface area contributed by atoms with Crippen LogP contribution in [0.25, 0.3) is 0 Å². The summed E-state index contributed by atoms with van der Waals surface area (Å²) in [6.07, 6.45) is 0.232. The van der Waals surface area contributed by atoms with Gasteiger partial charge in [-0.2, -0.15) is 0 Å². The van der Waals surface area contributed by atoms with E-state index in [4.69, 9.17) is 23.2 Å². The Balaban J connectivity index is 2.33. The Hall–Kier alpha value is -0.710. The number of nitrogens with zero attached hydrogens (tertiary/aromatic N) is 1. The summed E-state index contributed by atoms with van der Waals surface area (Å²) in [6, 6.07) is 4.74. The van der Waals surface area contributed by atoms with E-state index < -0.39 is 0 Å². The molecule has 0 aromatic heterocycles. The van der Waals surface area contributed by atoms with Crippen molar-refractivity contribution in [2.75, 3.05) is 10.7 Å². The van der Waals surface area contributed by atoms with E-state index in [0.717, 1.165) is 10.7 Å². The van der Waals surface area contributed by atoms with Crippen LogP contribution in [0.15, 0.2) is 18.2 Å². The van der Waals surface area contributed by atoms with Crippen molar-refractivity contribution in [2.24, 2.45) is 0 Å². The first-order valence-electron chi connectivity index (χ1n) is 5.48. The van der Waals surface area contributed by atoms with Crippen molar-refractivity contribution in [2.45, 2.75) is 18.6 Å². The number of thioether (sulfide) groups is 1. The van der Waals surface area contributed by atoms with Crippen molar-refractivity contribution in [3.05, 3.63) is 28.2 Å². The van der Waals surface area contributed by atoms with Gasteiger partial charge in [0.25, 0.3) is 0 Å². The van der Waals surface area contributed by atoms with E-state index >= 15 is 0 Å². The molecule has 0 N–H and O–H groups in total. The summed E-state index contributed by atoms with van der Waals surface area (Å²) >= 11 is 13.3. The Morgan fingerprint density at radius 1 is 1.39 bits per heavy atom. The lowest BCUT2D eigenvalue weighted by atomic mass is 10.3. The molecule has 0 spiro atoms. The van der Waals surface area contributed by atoms with E-state index in [1.165, 1.54) is 17.8 Å². The smallest absolute Gasteiger partial charge is 0.247 e. The average Bonchev–Trinajstić information content (AvgIpc) is 2.56. The molecule has 0 saturated carbocycles. The second-order valence-electron chi connectivity index (χ2n) is 3.81. The minimum atomic E-state index is -0.297. The first kappa shape index (κ1) is 13.7. The molecule has 2 rings (SSSR count). The number of hydrogen-bond acceptors (Lipinski definition) is 3. The van der Waals surface area contributed by atoms with Crippen molar-refractivity contribution in [3.8, 4) is 0 Å². The molecule has 2 amide bonds. The summed E-state index contributed by atoms with van der Waals surface area (Å²) in [4.78, 5) is 25.2. The number of benzene rings is 1. The molecule has 18 heavy (non-hydrogen) atoms. The predicted octanol–water partition coefficient (Wildman–Crippen LogP) is 3.38. The molecule has 1 saturated heterocycles. The van der Waals surface area contributed by atoms with Crippen molar-refractivity contribution in [1.82, 2.24) is 0 Å². The molecule has 1 aliphatic heterocycles. The molecule has 0 unspecified atom stereocenters. The third-order valence-electron chi connectivity index (χ3n) is 2.62. The average molecular weight is 304 g/mol. The van der Waals surface area contributed by atoms with Gasteiger partial charge in [0.15, 0.2) is 0 Å². The van der Waals surface area contributed by atoms with E-state index in [0.29, 0.717) is 15.7 Å². The molecular formula is C12H11Cl2NO2S. The van der Waals surface area contributed by atoms with Gasteiger partial charge in [0.2, 0.25) is 11.8 Å². The standard InChI is InChI=1S/C12H11Cl2NO2S/c1-2-18-10-6-11(16)15(12(10)17)9-4-3-7(13)5-8(9)14/h3-5,10H,2,6H2,1H3/t10-/m0/s1. The number of amides is 2. The Bertz CT molecular complexity index is 507. The number of carbonyl (C=O) groups excluding carboxylic acids is 2. The zero-order valence-corrected chi connectivity index (χ0v) is 12.0. The van der Waals surface area contributed by atoms with Gasteiger partial charge in [-0.05, 0) is 24.0 Å². The number of hydrogen-bond donors (Lipinski definition) is 0. The monoisotopic (exact) mass is 303 g/mol. The molecule has 1 aromatic rings. The van der Waals surface area contributed by atoms with Crippen LogP contribution in [-0.4, -0.2) is 22.8 Å². The molecule has 0 aliphatic carbocycles. The third-order valence-corrected chi connectivity index (χ3v) is 4.27. The Kier molecular flexibility index (Phi) is 4.20. The zero-order chi connectivity index (χ0) is 13.3. The topological polar surface area (TPSA) is 37.4 Å². The highest BCUT2D eigenvalue weighted by Crippen LogP contribution is 2.34. The lowest BCUT2D eigenvalue weighted by Gasteiger charge is -2.16. The van der Waals surface area contributed by atoms with E-state index in [1.54, 1.807) is 12.1 Å². The van der Waals surface area contributed by atoms with Crippen LogP contribution >= 0.6 is 35.0 Å². The maximum Gasteiger partial charge on any atom is 0.247 e. The summed E-state index contributed by atoms with van der Waals surface area (Å²) in [5.41, 5.74) is 0.412. The van der Waals surface area contributed by atoms with E-state index in [1.807, 2.05) is 6.92 Å². The summed E-state index contributed by atoms with van der Waals surface area (Å²) in [7, 11) is 0. The second kappa shape index (κ2) is 5.51. The molecule has 1 aromatic carbocycles.